The Morgan fingerprint density at radius 3 is 2.50 bits per heavy atom. The molecule has 4 rings (SSSR count). The molecule has 2 aliphatic heterocycles. The molecule has 148 valence electrons. The summed E-state index contributed by atoms with van der Waals surface area (Å²) in [6, 6.07) is 9.59. The molecule has 8 nitrogen and oxygen atoms in total. The van der Waals surface area contributed by atoms with Crippen molar-refractivity contribution in [3.05, 3.63) is 47.5 Å². The molecule has 1 fully saturated rings. The first-order valence-corrected chi connectivity index (χ1v) is 8.71. The van der Waals surface area contributed by atoms with E-state index in [4.69, 9.17) is 18.9 Å². The van der Waals surface area contributed by atoms with Crippen molar-refractivity contribution in [3.8, 4) is 23.0 Å². The number of aliphatic hydroxyl groups is 2. The molecule has 0 bridgehead atoms. The Kier molecular flexibility index (Phi) is 4.32. The third-order valence-corrected chi connectivity index (χ3v) is 5.19. The molecule has 28 heavy (non-hydrogen) atoms. The van der Waals surface area contributed by atoms with Gasteiger partial charge in [-0.1, -0.05) is 12.1 Å². The number of cyclic esters (lactones) is 1. The highest BCUT2D eigenvalue weighted by Gasteiger charge is 2.61. The SMILES string of the molecule is COc1cc(CC2(O)C(=O)OCC2(O)Cc2ccc3c(c2)OCO3)ccc1O. The molecule has 2 unspecified atom stereocenters. The van der Waals surface area contributed by atoms with Crippen LogP contribution in [0, 0.1) is 0 Å². The topological polar surface area (TPSA) is 115 Å². The van der Waals surface area contributed by atoms with Crippen LogP contribution in [0.4, 0.5) is 0 Å². The highest BCUT2D eigenvalue weighted by atomic mass is 16.7. The van der Waals surface area contributed by atoms with E-state index in [1.165, 1.54) is 19.2 Å². The van der Waals surface area contributed by atoms with E-state index < -0.39 is 17.2 Å². The number of benzene rings is 2. The van der Waals surface area contributed by atoms with E-state index in [2.05, 4.69) is 0 Å². The van der Waals surface area contributed by atoms with Crippen LogP contribution in [-0.4, -0.2) is 53.0 Å². The number of phenolic OH excluding ortho intramolecular Hbond substituents is 1. The lowest BCUT2D eigenvalue weighted by atomic mass is 9.77. The number of esters is 1. The maximum absolute atomic E-state index is 12.4. The number of rotatable bonds is 5. The molecule has 0 saturated carbocycles. The molecule has 1 saturated heterocycles. The van der Waals surface area contributed by atoms with Gasteiger partial charge >= 0.3 is 5.97 Å². The summed E-state index contributed by atoms with van der Waals surface area (Å²) in [6.07, 6.45) is -0.232. The number of methoxy groups -OCH3 is 1. The van der Waals surface area contributed by atoms with Crippen LogP contribution in [0.3, 0.4) is 0 Å². The van der Waals surface area contributed by atoms with E-state index in [9.17, 15) is 20.1 Å². The number of hydrogen-bond donors (Lipinski definition) is 3. The predicted molar refractivity (Wildman–Crippen MR) is 95.5 cm³/mol. The van der Waals surface area contributed by atoms with Crippen LogP contribution in [0.2, 0.25) is 0 Å². The Balaban J connectivity index is 1.63. The van der Waals surface area contributed by atoms with Gasteiger partial charge in [0, 0.05) is 12.8 Å². The van der Waals surface area contributed by atoms with Crippen molar-refractivity contribution in [2.45, 2.75) is 24.0 Å². The molecule has 8 heteroatoms. The summed E-state index contributed by atoms with van der Waals surface area (Å²) in [6.45, 7) is -0.219. The van der Waals surface area contributed by atoms with Gasteiger partial charge in [-0.05, 0) is 35.4 Å². The van der Waals surface area contributed by atoms with E-state index in [0.29, 0.717) is 22.6 Å². The van der Waals surface area contributed by atoms with Gasteiger partial charge in [-0.2, -0.15) is 0 Å². The molecule has 2 heterocycles. The zero-order chi connectivity index (χ0) is 19.9. The Morgan fingerprint density at radius 1 is 1.00 bits per heavy atom. The number of phenols is 1. The Hall–Kier alpha value is -2.97. The molecule has 2 aromatic carbocycles. The van der Waals surface area contributed by atoms with Crippen molar-refractivity contribution >= 4 is 5.97 Å². The molecule has 2 aromatic rings. The highest BCUT2D eigenvalue weighted by molar-refractivity contribution is 5.84. The summed E-state index contributed by atoms with van der Waals surface area (Å²) in [4.78, 5) is 12.4. The minimum atomic E-state index is -2.16. The molecular formula is C20H20O8. The van der Waals surface area contributed by atoms with Gasteiger partial charge in [0.05, 0.1) is 7.11 Å². The van der Waals surface area contributed by atoms with Crippen LogP contribution < -0.4 is 14.2 Å². The van der Waals surface area contributed by atoms with Crippen molar-refractivity contribution < 1.29 is 39.1 Å². The fourth-order valence-electron chi connectivity index (χ4n) is 3.56. The third kappa shape index (κ3) is 2.90. The first-order chi connectivity index (χ1) is 13.3. The average Bonchev–Trinajstić information content (AvgIpc) is 3.22. The van der Waals surface area contributed by atoms with Crippen molar-refractivity contribution in [3.63, 3.8) is 0 Å². The van der Waals surface area contributed by atoms with E-state index in [-0.39, 0.29) is 37.7 Å². The summed E-state index contributed by atoms with van der Waals surface area (Å²) in [7, 11) is 1.40. The Morgan fingerprint density at radius 2 is 1.71 bits per heavy atom. The molecule has 2 aliphatic rings. The number of fused-ring (bicyclic) bond motifs is 1. The lowest BCUT2D eigenvalue weighted by Crippen LogP contribution is -2.58. The van der Waals surface area contributed by atoms with Crippen molar-refractivity contribution in [1.82, 2.24) is 0 Å². The van der Waals surface area contributed by atoms with Crippen LogP contribution in [0.15, 0.2) is 36.4 Å². The molecule has 3 N–H and O–H groups in total. The molecular weight excluding hydrogens is 368 g/mol. The van der Waals surface area contributed by atoms with Crippen LogP contribution in [0.5, 0.6) is 23.0 Å². The first-order valence-electron chi connectivity index (χ1n) is 8.71. The van der Waals surface area contributed by atoms with Crippen molar-refractivity contribution in [1.29, 1.82) is 0 Å². The second-order valence-electron chi connectivity index (χ2n) is 7.02. The molecule has 0 aromatic heterocycles. The number of ether oxygens (including phenoxy) is 4. The van der Waals surface area contributed by atoms with Gasteiger partial charge in [0.2, 0.25) is 6.79 Å². The summed E-state index contributed by atoms with van der Waals surface area (Å²) in [5.41, 5.74) is -2.85. The van der Waals surface area contributed by atoms with Crippen LogP contribution in [0.25, 0.3) is 0 Å². The minimum Gasteiger partial charge on any atom is -0.504 e. The second-order valence-corrected chi connectivity index (χ2v) is 7.02. The van der Waals surface area contributed by atoms with Crippen LogP contribution >= 0.6 is 0 Å². The quantitative estimate of drug-likeness (QED) is 0.648. The highest BCUT2D eigenvalue weighted by Crippen LogP contribution is 2.40. The zero-order valence-electron chi connectivity index (χ0n) is 15.2. The second kappa shape index (κ2) is 6.57. The van der Waals surface area contributed by atoms with Crippen LogP contribution in [0.1, 0.15) is 11.1 Å². The van der Waals surface area contributed by atoms with Gasteiger partial charge in [-0.3, -0.25) is 0 Å². The smallest absolute Gasteiger partial charge is 0.341 e. The summed E-state index contributed by atoms with van der Waals surface area (Å²) < 4.78 is 20.7. The fraction of sp³-hybridized carbons (Fsp3) is 0.350. The van der Waals surface area contributed by atoms with E-state index in [0.717, 1.165) is 0 Å². The van der Waals surface area contributed by atoms with Gasteiger partial charge in [0.25, 0.3) is 0 Å². The summed E-state index contributed by atoms with van der Waals surface area (Å²) in [5.74, 6) is 0.372. The number of carbonyl (C=O) groups excluding carboxylic acids is 1. The summed E-state index contributed by atoms with van der Waals surface area (Å²) in [5, 5.41) is 32.0. The third-order valence-electron chi connectivity index (χ3n) is 5.19. The standard InChI is InChI=1S/C20H20O8/c1-25-16-6-13(2-4-14(16)21)9-20(24)18(22)26-10-19(20,23)8-12-3-5-15-17(7-12)28-11-27-15/h2-7,21,23-24H,8-11H2,1H3. The molecule has 2 atom stereocenters. The fourth-order valence-corrected chi connectivity index (χ4v) is 3.56. The van der Waals surface area contributed by atoms with Crippen molar-refractivity contribution in [2.24, 2.45) is 0 Å². The minimum absolute atomic E-state index is 0.0267. The number of carbonyl (C=O) groups is 1. The van der Waals surface area contributed by atoms with Gasteiger partial charge in [0.1, 0.15) is 12.2 Å². The molecule has 0 amide bonds. The Labute approximate surface area is 160 Å². The molecule has 0 aliphatic carbocycles. The maximum Gasteiger partial charge on any atom is 0.341 e. The lowest BCUT2D eigenvalue weighted by molar-refractivity contribution is -0.163. The summed E-state index contributed by atoms with van der Waals surface area (Å²) >= 11 is 0. The normalized spacial score (nSPS) is 25.6. The van der Waals surface area contributed by atoms with E-state index in [1.54, 1.807) is 24.3 Å². The van der Waals surface area contributed by atoms with Crippen LogP contribution in [-0.2, 0) is 22.4 Å². The number of hydrogen-bond acceptors (Lipinski definition) is 8. The largest absolute Gasteiger partial charge is 0.504 e. The Bertz CT molecular complexity index is 926. The zero-order valence-corrected chi connectivity index (χ0v) is 15.2. The van der Waals surface area contributed by atoms with Gasteiger partial charge in [-0.15, -0.1) is 0 Å². The molecule has 0 spiro atoms. The predicted octanol–water partition coefficient (Wildman–Crippen LogP) is 0.934. The monoisotopic (exact) mass is 388 g/mol. The van der Waals surface area contributed by atoms with Gasteiger partial charge in [-0.25, -0.2) is 4.79 Å². The molecule has 0 radical (unpaired) electrons. The van der Waals surface area contributed by atoms with Gasteiger partial charge in [0.15, 0.2) is 28.6 Å². The van der Waals surface area contributed by atoms with Gasteiger partial charge < -0.3 is 34.3 Å². The maximum atomic E-state index is 12.4. The lowest BCUT2D eigenvalue weighted by Gasteiger charge is -2.33. The van der Waals surface area contributed by atoms with E-state index in [1.807, 2.05) is 0 Å². The number of aromatic hydroxyl groups is 1. The first kappa shape index (κ1) is 18.4. The van der Waals surface area contributed by atoms with Crippen molar-refractivity contribution in [2.75, 3.05) is 20.5 Å². The van der Waals surface area contributed by atoms with E-state index >= 15 is 0 Å². The average molecular weight is 388 g/mol.